The topological polar surface area (TPSA) is 87.2 Å². The molecule has 1 N–H and O–H groups in total. The summed E-state index contributed by atoms with van der Waals surface area (Å²) in [6.07, 6.45) is -0.560. The van der Waals surface area contributed by atoms with E-state index in [1.54, 1.807) is 19.9 Å². The molecule has 0 aliphatic rings. The third-order valence-corrected chi connectivity index (χ3v) is 3.64. The van der Waals surface area contributed by atoms with Crippen LogP contribution < -0.4 is 0 Å². The van der Waals surface area contributed by atoms with Crippen LogP contribution in [-0.4, -0.2) is 21.4 Å². The number of nitriles is 1. The Kier molecular flexibility index (Phi) is 4.49. The first-order chi connectivity index (χ1) is 7.95. The Balaban J connectivity index is 3.08. The lowest BCUT2D eigenvalue weighted by Gasteiger charge is -2.13. The molecular formula is C11H12N2O3S. The van der Waals surface area contributed by atoms with Crippen LogP contribution in [0.15, 0.2) is 23.1 Å². The zero-order valence-electron chi connectivity index (χ0n) is 9.45. The molecule has 0 heterocycles. The molecule has 1 aromatic rings. The molecule has 6 heteroatoms. The minimum absolute atomic E-state index is 0.0958. The van der Waals surface area contributed by atoms with Gasteiger partial charge in [0.05, 0.1) is 27.6 Å². The Bertz CT molecular complexity index is 468. The molecule has 0 bridgehead atoms. The quantitative estimate of drug-likeness (QED) is 0.505. The van der Waals surface area contributed by atoms with E-state index >= 15 is 0 Å². The lowest BCUT2D eigenvalue weighted by molar-refractivity contribution is -0.387. The maximum absolute atomic E-state index is 10.9. The molecule has 1 rings (SSSR count). The van der Waals surface area contributed by atoms with Gasteiger partial charge in [0.1, 0.15) is 0 Å². The Labute approximate surface area is 103 Å². The van der Waals surface area contributed by atoms with Gasteiger partial charge in [0, 0.05) is 11.3 Å². The summed E-state index contributed by atoms with van der Waals surface area (Å²) in [5.41, 5.74) is 0.160. The summed E-state index contributed by atoms with van der Waals surface area (Å²) in [5, 5.41) is 28.8. The fourth-order valence-corrected chi connectivity index (χ4v) is 2.13. The molecule has 0 spiro atoms. The summed E-state index contributed by atoms with van der Waals surface area (Å²) in [7, 11) is 0. The van der Waals surface area contributed by atoms with Gasteiger partial charge in [-0.15, -0.1) is 11.8 Å². The van der Waals surface area contributed by atoms with Crippen molar-refractivity contribution in [3.63, 3.8) is 0 Å². The normalized spacial score (nSPS) is 13.8. The van der Waals surface area contributed by atoms with Gasteiger partial charge in [-0.25, -0.2) is 0 Å². The minimum atomic E-state index is -0.560. The molecule has 90 valence electrons. The van der Waals surface area contributed by atoms with Crippen LogP contribution in [0, 0.1) is 21.4 Å². The van der Waals surface area contributed by atoms with Crippen molar-refractivity contribution in [2.45, 2.75) is 30.1 Å². The summed E-state index contributed by atoms with van der Waals surface area (Å²) in [4.78, 5) is 10.8. The average Bonchev–Trinajstić information content (AvgIpc) is 2.29. The number of hydrogen-bond acceptors (Lipinski definition) is 5. The largest absolute Gasteiger partial charge is 0.392 e. The van der Waals surface area contributed by atoms with E-state index in [1.165, 1.54) is 23.9 Å². The molecule has 0 amide bonds. The monoisotopic (exact) mass is 252 g/mol. The van der Waals surface area contributed by atoms with E-state index in [1.807, 2.05) is 6.07 Å². The molecule has 17 heavy (non-hydrogen) atoms. The van der Waals surface area contributed by atoms with Gasteiger partial charge in [-0.3, -0.25) is 10.1 Å². The Morgan fingerprint density at radius 2 is 2.18 bits per heavy atom. The first-order valence-corrected chi connectivity index (χ1v) is 5.87. The molecule has 0 saturated carbocycles. The molecular weight excluding hydrogens is 240 g/mol. The summed E-state index contributed by atoms with van der Waals surface area (Å²) >= 11 is 1.22. The van der Waals surface area contributed by atoms with E-state index in [9.17, 15) is 15.2 Å². The van der Waals surface area contributed by atoms with Gasteiger partial charge in [0.25, 0.3) is 5.69 Å². The van der Waals surface area contributed by atoms with E-state index in [0.29, 0.717) is 4.90 Å². The van der Waals surface area contributed by atoms with Gasteiger partial charge in [-0.05, 0) is 19.1 Å². The molecule has 0 unspecified atom stereocenters. The number of nitrogens with zero attached hydrogens (tertiary/aromatic N) is 2. The van der Waals surface area contributed by atoms with Crippen LogP contribution in [0.5, 0.6) is 0 Å². The molecule has 0 aliphatic heterocycles. The highest BCUT2D eigenvalue weighted by Crippen LogP contribution is 2.33. The number of hydrogen-bond donors (Lipinski definition) is 1. The number of nitro groups is 1. The maximum atomic E-state index is 10.9. The van der Waals surface area contributed by atoms with Gasteiger partial charge in [0.15, 0.2) is 0 Å². The van der Waals surface area contributed by atoms with E-state index in [4.69, 9.17) is 5.26 Å². The predicted molar refractivity (Wildman–Crippen MR) is 64.8 cm³/mol. The zero-order chi connectivity index (χ0) is 13.0. The lowest BCUT2D eigenvalue weighted by atomic mass is 10.2. The summed E-state index contributed by atoms with van der Waals surface area (Å²) in [5.74, 6) is 0. The standard InChI is InChI=1S/C11H12N2O3S/c1-7(14)8(2)17-11-4-3-9(6-12)5-10(11)13(15)16/h3-5,7-8,14H,1-2H3/t7-,8-/m0/s1. The smallest absolute Gasteiger partial charge is 0.284 e. The van der Waals surface area contributed by atoms with Crippen molar-refractivity contribution in [2.75, 3.05) is 0 Å². The Morgan fingerprint density at radius 3 is 2.65 bits per heavy atom. The number of nitro benzene ring substituents is 1. The number of aliphatic hydroxyl groups is 1. The van der Waals surface area contributed by atoms with Crippen LogP contribution in [0.4, 0.5) is 5.69 Å². The molecule has 0 saturated heterocycles. The maximum Gasteiger partial charge on any atom is 0.284 e. The highest BCUT2D eigenvalue weighted by atomic mass is 32.2. The highest BCUT2D eigenvalue weighted by Gasteiger charge is 2.19. The fourth-order valence-electron chi connectivity index (χ4n) is 1.13. The third-order valence-electron chi connectivity index (χ3n) is 2.28. The van der Waals surface area contributed by atoms with Gasteiger partial charge in [0.2, 0.25) is 0 Å². The van der Waals surface area contributed by atoms with Crippen LogP contribution in [0.3, 0.4) is 0 Å². The van der Waals surface area contributed by atoms with Crippen LogP contribution in [0.25, 0.3) is 0 Å². The molecule has 5 nitrogen and oxygen atoms in total. The molecule has 0 aromatic heterocycles. The Morgan fingerprint density at radius 1 is 1.53 bits per heavy atom. The van der Waals surface area contributed by atoms with Crippen LogP contribution >= 0.6 is 11.8 Å². The van der Waals surface area contributed by atoms with E-state index < -0.39 is 11.0 Å². The molecule has 0 fully saturated rings. The third kappa shape index (κ3) is 3.44. The first kappa shape index (κ1) is 13.5. The second kappa shape index (κ2) is 5.66. The Hall–Kier alpha value is -1.58. The second-order valence-electron chi connectivity index (χ2n) is 3.61. The number of aliphatic hydroxyl groups excluding tert-OH is 1. The van der Waals surface area contributed by atoms with Crippen LogP contribution in [-0.2, 0) is 0 Å². The van der Waals surface area contributed by atoms with Crippen molar-refractivity contribution in [1.82, 2.24) is 0 Å². The summed E-state index contributed by atoms with van der Waals surface area (Å²) < 4.78 is 0. The number of rotatable bonds is 4. The van der Waals surface area contributed by atoms with Gasteiger partial charge in [-0.1, -0.05) is 6.92 Å². The van der Waals surface area contributed by atoms with E-state index in [2.05, 4.69) is 0 Å². The number of benzene rings is 1. The van der Waals surface area contributed by atoms with Crippen molar-refractivity contribution in [3.05, 3.63) is 33.9 Å². The van der Waals surface area contributed by atoms with E-state index in [0.717, 1.165) is 0 Å². The van der Waals surface area contributed by atoms with Crippen molar-refractivity contribution in [1.29, 1.82) is 5.26 Å². The second-order valence-corrected chi connectivity index (χ2v) is 5.03. The van der Waals surface area contributed by atoms with Crippen molar-refractivity contribution in [2.24, 2.45) is 0 Å². The molecule has 0 aliphatic carbocycles. The SMILES string of the molecule is C[C@H](O)[C@H](C)Sc1ccc(C#N)cc1[N+](=O)[O-]. The van der Waals surface area contributed by atoms with Crippen LogP contribution in [0.2, 0.25) is 0 Å². The zero-order valence-corrected chi connectivity index (χ0v) is 10.3. The van der Waals surface area contributed by atoms with Gasteiger partial charge < -0.3 is 5.11 Å². The van der Waals surface area contributed by atoms with Crippen molar-refractivity contribution >= 4 is 17.4 Å². The highest BCUT2D eigenvalue weighted by molar-refractivity contribution is 8.00. The van der Waals surface area contributed by atoms with Gasteiger partial charge >= 0.3 is 0 Å². The molecule has 1 aromatic carbocycles. The summed E-state index contributed by atoms with van der Waals surface area (Å²) in [6, 6.07) is 6.18. The minimum Gasteiger partial charge on any atom is -0.392 e. The van der Waals surface area contributed by atoms with Crippen molar-refractivity contribution in [3.8, 4) is 6.07 Å². The first-order valence-electron chi connectivity index (χ1n) is 4.99. The molecule has 0 radical (unpaired) electrons. The predicted octanol–water partition coefficient (Wildman–Crippen LogP) is 2.33. The average molecular weight is 252 g/mol. The fraction of sp³-hybridized carbons (Fsp3) is 0.364. The van der Waals surface area contributed by atoms with Gasteiger partial charge in [-0.2, -0.15) is 5.26 Å². The molecule has 2 atom stereocenters. The van der Waals surface area contributed by atoms with E-state index in [-0.39, 0.29) is 16.5 Å². The number of thioether (sulfide) groups is 1. The van der Waals surface area contributed by atoms with Crippen molar-refractivity contribution < 1.29 is 10.0 Å². The van der Waals surface area contributed by atoms with Crippen LogP contribution in [0.1, 0.15) is 19.4 Å². The summed E-state index contributed by atoms with van der Waals surface area (Å²) in [6.45, 7) is 3.42. The lowest BCUT2D eigenvalue weighted by Crippen LogP contribution is -2.15.